The number of hydrogen-bond donors (Lipinski definition) is 1. The van der Waals surface area contributed by atoms with Crippen molar-refractivity contribution >= 4 is 15.9 Å². The van der Waals surface area contributed by atoms with E-state index in [2.05, 4.69) is 29.8 Å². The maximum absolute atomic E-state index is 9.66. The Morgan fingerprint density at radius 3 is 2.53 bits per heavy atom. The number of hydrogen-bond acceptors (Lipinski definition) is 2. The molecule has 0 heterocycles. The molecule has 1 rings (SSSR count). The number of aliphatic hydroxyl groups is 1. The highest BCUT2D eigenvalue weighted by molar-refractivity contribution is 9.10. The number of benzene rings is 1. The van der Waals surface area contributed by atoms with E-state index < -0.39 is 0 Å². The Balaban J connectivity index is 2.41. The lowest BCUT2D eigenvalue weighted by molar-refractivity contribution is 0.0808. The molecule has 0 bridgehead atoms. The zero-order chi connectivity index (χ0) is 12.8. The summed E-state index contributed by atoms with van der Waals surface area (Å²) in [6.07, 6.45) is 0.600. The van der Waals surface area contributed by atoms with Gasteiger partial charge < -0.3 is 9.84 Å². The summed E-state index contributed by atoms with van der Waals surface area (Å²) < 4.78 is 6.70. The smallest absolute Gasteiger partial charge is 0.120 e. The highest BCUT2D eigenvalue weighted by atomic mass is 79.9. The Morgan fingerprint density at radius 2 is 2.00 bits per heavy atom. The van der Waals surface area contributed by atoms with Gasteiger partial charge in [-0.1, -0.05) is 35.8 Å². The first-order valence-corrected chi connectivity index (χ1v) is 6.86. The summed E-state index contributed by atoms with van der Waals surface area (Å²) in [7, 11) is 0. The normalized spacial score (nSPS) is 14.7. The fourth-order valence-corrected chi connectivity index (χ4v) is 2.38. The number of ether oxygens (including phenoxy) is 1. The van der Waals surface area contributed by atoms with Gasteiger partial charge in [0.25, 0.3) is 0 Å². The van der Waals surface area contributed by atoms with Crippen LogP contribution in [0.4, 0.5) is 0 Å². The molecular formula is C14H21BrO2. The molecule has 0 saturated carbocycles. The molecule has 2 unspecified atom stereocenters. The van der Waals surface area contributed by atoms with Crippen LogP contribution in [0.15, 0.2) is 28.7 Å². The van der Waals surface area contributed by atoms with Crippen molar-refractivity contribution in [1.29, 1.82) is 0 Å². The second-order valence-electron chi connectivity index (χ2n) is 4.74. The monoisotopic (exact) mass is 300 g/mol. The van der Waals surface area contributed by atoms with Gasteiger partial charge in [-0.3, -0.25) is 0 Å². The Bertz CT molecular complexity index is 329. The van der Waals surface area contributed by atoms with Crippen molar-refractivity contribution in [1.82, 2.24) is 0 Å². The van der Waals surface area contributed by atoms with Gasteiger partial charge in [0.15, 0.2) is 0 Å². The van der Waals surface area contributed by atoms with Crippen LogP contribution in [0.5, 0.6) is 5.75 Å². The maximum Gasteiger partial charge on any atom is 0.120 e. The van der Waals surface area contributed by atoms with Crippen molar-refractivity contribution in [2.45, 2.75) is 33.3 Å². The lowest BCUT2D eigenvalue weighted by Gasteiger charge is -2.23. The predicted octanol–water partition coefficient (Wildman–Crippen LogP) is 3.87. The van der Waals surface area contributed by atoms with E-state index in [4.69, 9.17) is 4.74 Å². The van der Waals surface area contributed by atoms with Gasteiger partial charge in [-0.25, -0.2) is 0 Å². The summed E-state index contributed by atoms with van der Waals surface area (Å²) in [6, 6.07) is 7.82. The molecule has 1 aromatic carbocycles. The van der Waals surface area contributed by atoms with Gasteiger partial charge in [-0.05, 0) is 43.4 Å². The van der Waals surface area contributed by atoms with E-state index in [0.29, 0.717) is 18.4 Å². The van der Waals surface area contributed by atoms with Crippen LogP contribution in [0, 0.1) is 11.8 Å². The van der Waals surface area contributed by atoms with E-state index >= 15 is 0 Å². The van der Waals surface area contributed by atoms with Crippen molar-refractivity contribution in [3.63, 3.8) is 0 Å². The van der Waals surface area contributed by atoms with Crippen LogP contribution in [0.1, 0.15) is 27.2 Å². The van der Waals surface area contributed by atoms with Gasteiger partial charge >= 0.3 is 0 Å². The number of rotatable bonds is 6. The van der Waals surface area contributed by atoms with Crippen LogP contribution >= 0.6 is 15.9 Å². The molecule has 0 saturated heterocycles. The topological polar surface area (TPSA) is 29.5 Å². The van der Waals surface area contributed by atoms with E-state index in [-0.39, 0.29) is 6.10 Å². The van der Waals surface area contributed by atoms with Gasteiger partial charge in [0, 0.05) is 4.47 Å². The molecule has 2 atom stereocenters. The van der Waals surface area contributed by atoms with Crippen molar-refractivity contribution in [3.8, 4) is 5.75 Å². The highest BCUT2D eigenvalue weighted by Gasteiger charge is 2.18. The van der Waals surface area contributed by atoms with Crippen molar-refractivity contribution in [2.75, 3.05) is 6.61 Å². The second-order valence-corrected chi connectivity index (χ2v) is 5.66. The third kappa shape index (κ3) is 5.09. The minimum Gasteiger partial charge on any atom is -0.494 e. The van der Waals surface area contributed by atoms with Crippen LogP contribution in [0.25, 0.3) is 0 Å². The van der Waals surface area contributed by atoms with Gasteiger partial charge in [0.2, 0.25) is 0 Å². The summed E-state index contributed by atoms with van der Waals surface area (Å²) >= 11 is 3.41. The minimum absolute atomic E-state index is 0.277. The molecule has 0 amide bonds. The second kappa shape index (κ2) is 7.02. The third-order valence-electron chi connectivity index (χ3n) is 2.99. The molecule has 2 nitrogen and oxygen atoms in total. The molecule has 17 heavy (non-hydrogen) atoms. The fraction of sp³-hybridized carbons (Fsp3) is 0.571. The molecule has 3 heteroatoms. The first kappa shape index (κ1) is 14.5. The lowest BCUT2D eigenvalue weighted by Crippen LogP contribution is -2.24. The third-order valence-corrected chi connectivity index (χ3v) is 3.49. The Labute approximate surface area is 112 Å². The van der Waals surface area contributed by atoms with Gasteiger partial charge in [-0.2, -0.15) is 0 Å². The van der Waals surface area contributed by atoms with Crippen LogP contribution in [0.2, 0.25) is 0 Å². The van der Waals surface area contributed by atoms with Crippen molar-refractivity contribution < 1.29 is 9.84 Å². The largest absolute Gasteiger partial charge is 0.494 e. The molecule has 0 aromatic heterocycles. The Morgan fingerprint density at radius 1 is 1.29 bits per heavy atom. The molecule has 0 aliphatic carbocycles. The van der Waals surface area contributed by atoms with Gasteiger partial charge in [0.1, 0.15) is 5.75 Å². The highest BCUT2D eigenvalue weighted by Crippen LogP contribution is 2.21. The lowest BCUT2D eigenvalue weighted by atomic mass is 9.88. The molecule has 0 aliphatic rings. The minimum atomic E-state index is -0.277. The quantitative estimate of drug-likeness (QED) is 0.864. The fourth-order valence-electron chi connectivity index (χ4n) is 2.00. The van der Waals surface area contributed by atoms with Crippen molar-refractivity contribution in [2.24, 2.45) is 11.8 Å². The van der Waals surface area contributed by atoms with E-state index in [9.17, 15) is 5.11 Å². The van der Waals surface area contributed by atoms with Crippen LogP contribution in [-0.2, 0) is 0 Å². The molecular weight excluding hydrogens is 280 g/mol. The molecule has 0 spiro atoms. The summed E-state index contributed by atoms with van der Waals surface area (Å²) in [5.74, 6) is 1.63. The summed E-state index contributed by atoms with van der Waals surface area (Å²) in [5, 5.41) is 9.66. The summed E-state index contributed by atoms with van der Waals surface area (Å²) in [6.45, 7) is 6.76. The standard InChI is InChI=1S/C14H21BrO2/c1-10(2)14(11(3)16)7-8-17-13-6-4-5-12(15)9-13/h4-6,9-11,14,16H,7-8H2,1-3H3. The zero-order valence-electron chi connectivity index (χ0n) is 10.7. The van der Waals surface area contributed by atoms with E-state index in [1.807, 2.05) is 31.2 Å². The Kier molecular flexibility index (Phi) is 6.00. The van der Waals surface area contributed by atoms with Crippen molar-refractivity contribution in [3.05, 3.63) is 28.7 Å². The van der Waals surface area contributed by atoms with Crippen LogP contribution in [0.3, 0.4) is 0 Å². The molecule has 96 valence electrons. The first-order chi connectivity index (χ1) is 8.00. The molecule has 1 N–H and O–H groups in total. The Hall–Kier alpha value is -0.540. The van der Waals surface area contributed by atoms with E-state index in [1.54, 1.807) is 0 Å². The average molecular weight is 301 g/mol. The number of halogens is 1. The first-order valence-electron chi connectivity index (χ1n) is 6.07. The molecule has 0 fully saturated rings. The summed E-state index contributed by atoms with van der Waals surface area (Å²) in [4.78, 5) is 0. The van der Waals surface area contributed by atoms with E-state index in [1.165, 1.54) is 0 Å². The zero-order valence-corrected chi connectivity index (χ0v) is 12.3. The molecule has 0 aliphatic heterocycles. The molecule has 0 radical (unpaired) electrons. The van der Waals surface area contributed by atoms with Gasteiger partial charge in [0.05, 0.1) is 12.7 Å². The predicted molar refractivity (Wildman–Crippen MR) is 74.3 cm³/mol. The van der Waals surface area contributed by atoms with Gasteiger partial charge in [-0.15, -0.1) is 0 Å². The summed E-state index contributed by atoms with van der Waals surface area (Å²) in [5.41, 5.74) is 0. The molecule has 1 aromatic rings. The van der Waals surface area contributed by atoms with E-state index in [0.717, 1.165) is 16.6 Å². The number of aliphatic hydroxyl groups excluding tert-OH is 1. The SMILES string of the molecule is CC(C)C(CCOc1cccc(Br)c1)C(C)O. The maximum atomic E-state index is 9.66. The van der Waals surface area contributed by atoms with Crippen LogP contribution in [-0.4, -0.2) is 17.8 Å². The van der Waals surface area contributed by atoms with Crippen LogP contribution < -0.4 is 4.74 Å². The average Bonchev–Trinajstić information content (AvgIpc) is 2.23.